The van der Waals surface area contributed by atoms with Crippen LogP contribution in [0.1, 0.15) is 50.1 Å². The molecule has 128 valence electrons. The third-order valence-electron chi connectivity index (χ3n) is 4.77. The summed E-state index contributed by atoms with van der Waals surface area (Å²) in [6.07, 6.45) is 3.69. The smallest absolute Gasteiger partial charge is 0.229 e. The molecule has 2 unspecified atom stereocenters. The van der Waals surface area contributed by atoms with Crippen molar-refractivity contribution >= 4 is 22.4 Å². The Balaban J connectivity index is 1.70. The zero-order valence-corrected chi connectivity index (χ0v) is 15.0. The SMILES string of the molecule is CC(C)(c1ccccc1)c1nnc(NC(=O)C2CCCC(N)C2)s1. The van der Waals surface area contributed by atoms with Gasteiger partial charge in [0, 0.05) is 17.4 Å². The maximum absolute atomic E-state index is 12.4. The lowest BCUT2D eigenvalue weighted by Gasteiger charge is -2.25. The molecule has 0 bridgehead atoms. The fourth-order valence-electron chi connectivity index (χ4n) is 3.18. The molecule has 1 aliphatic rings. The topological polar surface area (TPSA) is 80.9 Å². The maximum atomic E-state index is 12.4. The Morgan fingerprint density at radius 1 is 1.25 bits per heavy atom. The van der Waals surface area contributed by atoms with Gasteiger partial charge in [0.25, 0.3) is 0 Å². The Morgan fingerprint density at radius 2 is 2.00 bits per heavy atom. The first-order valence-electron chi connectivity index (χ1n) is 8.43. The normalized spacial score (nSPS) is 21.5. The molecule has 0 spiro atoms. The molecule has 1 aromatic heterocycles. The zero-order chi connectivity index (χ0) is 17.2. The molecule has 2 atom stereocenters. The lowest BCUT2D eigenvalue weighted by molar-refractivity contribution is -0.120. The Kier molecular flexibility index (Phi) is 4.96. The van der Waals surface area contributed by atoms with Crippen LogP contribution in [0.3, 0.4) is 0 Å². The molecule has 0 aliphatic heterocycles. The van der Waals surface area contributed by atoms with Crippen LogP contribution in [-0.4, -0.2) is 22.1 Å². The van der Waals surface area contributed by atoms with Gasteiger partial charge in [0.2, 0.25) is 11.0 Å². The van der Waals surface area contributed by atoms with Crippen molar-refractivity contribution in [3.05, 3.63) is 40.9 Å². The lowest BCUT2D eigenvalue weighted by atomic mass is 9.85. The third kappa shape index (κ3) is 3.65. The number of anilines is 1. The van der Waals surface area contributed by atoms with Crippen molar-refractivity contribution in [2.45, 2.75) is 51.0 Å². The van der Waals surface area contributed by atoms with Gasteiger partial charge in [-0.15, -0.1) is 10.2 Å². The van der Waals surface area contributed by atoms with Gasteiger partial charge in [0.1, 0.15) is 5.01 Å². The van der Waals surface area contributed by atoms with Gasteiger partial charge in [-0.2, -0.15) is 0 Å². The van der Waals surface area contributed by atoms with Gasteiger partial charge in [-0.05, 0) is 38.7 Å². The number of carbonyl (C=O) groups excluding carboxylic acids is 1. The van der Waals surface area contributed by atoms with E-state index in [4.69, 9.17) is 5.73 Å². The summed E-state index contributed by atoms with van der Waals surface area (Å²) in [5, 5.41) is 12.9. The standard InChI is InChI=1S/C18H24N4OS/c1-18(2,13-8-4-3-5-9-13)16-21-22-17(24-16)20-15(23)12-7-6-10-14(19)11-12/h3-5,8-9,12,14H,6-7,10-11,19H2,1-2H3,(H,20,22,23). The van der Waals surface area contributed by atoms with Crippen molar-refractivity contribution in [2.24, 2.45) is 11.7 Å². The van der Waals surface area contributed by atoms with Gasteiger partial charge >= 0.3 is 0 Å². The lowest BCUT2D eigenvalue weighted by Crippen LogP contribution is -2.34. The van der Waals surface area contributed by atoms with Crippen LogP contribution < -0.4 is 11.1 Å². The molecule has 3 rings (SSSR count). The van der Waals surface area contributed by atoms with Crippen LogP contribution in [0.2, 0.25) is 0 Å². The molecule has 1 heterocycles. The summed E-state index contributed by atoms with van der Waals surface area (Å²) in [5.74, 6) is 0.00796. The molecule has 24 heavy (non-hydrogen) atoms. The fourth-order valence-corrected chi connectivity index (χ4v) is 4.05. The molecular formula is C18H24N4OS. The summed E-state index contributed by atoms with van der Waals surface area (Å²) in [6.45, 7) is 4.24. The molecule has 6 heteroatoms. The summed E-state index contributed by atoms with van der Waals surface area (Å²) >= 11 is 1.44. The second-order valence-electron chi connectivity index (χ2n) is 7.02. The van der Waals surface area contributed by atoms with Crippen LogP contribution in [0.15, 0.2) is 30.3 Å². The molecule has 1 saturated carbocycles. The Labute approximate surface area is 146 Å². The fraction of sp³-hybridized carbons (Fsp3) is 0.500. The van der Waals surface area contributed by atoms with E-state index < -0.39 is 0 Å². The van der Waals surface area contributed by atoms with Gasteiger partial charge in [-0.1, -0.05) is 48.1 Å². The maximum Gasteiger partial charge on any atom is 0.229 e. The molecule has 0 radical (unpaired) electrons. The predicted octanol–water partition coefficient (Wildman–Crippen LogP) is 3.32. The number of aromatic nitrogens is 2. The molecule has 0 saturated heterocycles. The molecule has 1 fully saturated rings. The van der Waals surface area contributed by atoms with Crippen molar-refractivity contribution in [1.82, 2.24) is 10.2 Å². The van der Waals surface area contributed by atoms with E-state index in [0.717, 1.165) is 30.7 Å². The van der Waals surface area contributed by atoms with Crippen LogP contribution >= 0.6 is 11.3 Å². The molecule has 3 N–H and O–H groups in total. The Bertz CT molecular complexity index is 698. The van der Waals surface area contributed by atoms with Crippen molar-refractivity contribution in [3.63, 3.8) is 0 Å². The molecule has 1 aromatic carbocycles. The van der Waals surface area contributed by atoms with Crippen LogP contribution in [0.5, 0.6) is 0 Å². The number of rotatable bonds is 4. The van der Waals surface area contributed by atoms with Gasteiger partial charge in [0.15, 0.2) is 0 Å². The molecular weight excluding hydrogens is 320 g/mol. The summed E-state index contributed by atoms with van der Waals surface area (Å²) in [5.41, 5.74) is 6.91. The van der Waals surface area contributed by atoms with Crippen molar-refractivity contribution < 1.29 is 4.79 Å². The van der Waals surface area contributed by atoms with E-state index in [1.807, 2.05) is 18.2 Å². The van der Waals surface area contributed by atoms with Crippen molar-refractivity contribution in [3.8, 4) is 0 Å². The Morgan fingerprint density at radius 3 is 2.71 bits per heavy atom. The highest BCUT2D eigenvalue weighted by Crippen LogP contribution is 2.35. The first kappa shape index (κ1) is 17.0. The monoisotopic (exact) mass is 344 g/mol. The van der Waals surface area contributed by atoms with Crippen LogP contribution in [0, 0.1) is 5.92 Å². The van der Waals surface area contributed by atoms with Crippen LogP contribution in [-0.2, 0) is 10.2 Å². The first-order valence-corrected chi connectivity index (χ1v) is 9.24. The number of nitrogens with zero attached hydrogens (tertiary/aromatic N) is 2. The van der Waals surface area contributed by atoms with E-state index in [-0.39, 0.29) is 23.3 Å². The largest absolute Gasteiger partial charge is 0.328 e. The van der Waals surface area contributed by atoms with Gasteiger partial charge in [0.05, 0.1) is 0 Å². The number of carbonyl (C=O) groups is 1. The third-order valence-corrected chi connectivity index (χ3v) is 5.93. The average molecular weight is 344 g/mol. The second kappa shape index (κ2) is 6.99. The predicted molar refractivity (Wildman–Crippen MR) is 97.0 cm³/mol. The Hall–Kier alpha value is -1.79. The van der Waals surface area contributed by atoms with E-state index in [2.05, 4.69) is 41.5 Å². The van der Waals surface area contributed by atoms with Gasteiger partial charge in [-0.25, -0.2) is 0 Å². The van der Waals surface area contributed by atoms with Gasteiger partial charge < -0.3 is 11.1 Å². The number of amides is 1. The first-order chi connectivity index (χ1) is 11.5. The molecule has 1 aliphatic carbocycles. The van der Waals surface area contributed by atoms with E-state index in [1.54, 1.807) is 0 Å². The minimum atomic E-state index is -0.241. The van der Waals surface area contributed by atoms with E-state index in [9.17, 15) is 4.79 Å². The number of benzene rings is 1. The summed E-state index contributed by atoms with van der Waals surface area (Å²) in [6, 6.07) is 10.4. The number of hydrogen-bond donors (Lipinski definition) is 2. The van der Waals surface area contributed by atoms with E-state index in [1.165, 1.54) is 16.9 Å². The average Bonchev–Trinajstić information content (AvgIpc) is 3.05. The number of hydrogen-bond acceptors (Lipinski definition) is 5. The quantitative estimate of drug-likeness (QED) is 0.891. The highest BCUT2D eigenvalue weighted by Gasteiger charge is 2.29. The minimum absolute atomic E-state index is 0.0109. The van der Waals surface area contributed by atoms with E-state index in [0.29, 0.717) is 5.13 Å². The minimum Gasteiger partial charge on any atom is -0.328 e. The summed E-state index contributed by atoms with van der Waals surface area (Å²) in [4.78, 5) is 12.4. The summed E-state index contributed by atoms with van der Waals surface area (Å²) in [7, 11) is 0. The van der Waals surface area contributed by atoms with Gasteiger partial charge in [-0.3, -0.25) is 4.79 Å². The van der Waals surface area contributed by atoms with E-state index >= 15 is 0 Å². The second-order valence-corrected chi connectivity index (χ2v) is 7.99. The van der Waals surface area contributed by atoms with Crippen LogP contribution in [0.25, 0.3) is 0 Å². The highest BCUT2D eigenvalue weighted by atomic mass is 32.1. The van der Waals surface area contributed by atoms with Crippen LogP contribution in [0.4, 0.5) is 5.13 Å². The summed E-state index contributed by atoms with van der Waals surface area (Å²) < 4.78 is 0. The zero-order valence-electron chi connectivity index (χ0n) is 14.2. The molecule has 1 amide bonds. The highest BCUT2D eigenvalue weighted by molar-refractivity contribution is 7.15. The molecule has 5 nitrogen and oxygen atoms in total. The number of nitrogens with two attached hydrogens (primary N) is 1. The number of nitrogens with one attached hydrogen (secondary N) is 1. The van der Waals surface area contributed by atoms with Crippen molar-refractivity contribution in [1.29, 1.82) is 0 Å². The molecule has 2 aromatic rings. The van der Waals surface area contributed by atoms with Crippen molar-refractivity contribution in [2.75, 3.05) is 5.32 Å².